The predicted molar refractivity (Wildman–Crippen MR) is 87.9 cm³/mol. The van der Waals surface area contributed by atoms with E-state index in [1.165, 1.54) is 32.6 Å². The third-order valence-corrected chi connectivity index (χ3v) is 4.76. The first-order valence-electron chi connectivity index (χ1n) is 6.92. The molecule has 2 heterocycles. The van der Waals surface area contributed by atoms with E-state index in [4.69, 9.17) is 4.42 Å². The summed E-state index contributed by atoms with van der Waals surface area (Å²) in [6, 6.07) is 21.0. The van der Waals surface area contributed by atoms with Crippen molar-refractivity contribution in [1.82, 2.24) is 3.55 Å². The second-order valence-electron chi connectivity index (χ2n) is 5.35. The van der Waals surface area contributed by atoms with E-state index in [1.807, 2.05) is 12.1 Å². The van der Waals surface area contributed by atoms with Crippen LogP contribution in [0.5, 0.6) is 0 Å². The van der Waals surface area contributed by atoms with Crippen LogP contribution in [0.25, 0.3) is 43.7 Å². The van der Waals surface area contributed by atoms with Gasteiger partial charge >= 0.3 is 16.5 Å². The Labute approximate surface area is 129 Å². The van der Waals surface area contributed by atoms with Gasteiger partial charge in [-0.25, -0.2) is 0 Å². The first-order valence-corrected chi connectivity index (χ1v) is 7.44. The molecule has 3 heteroatoms. The van der Waals surface area contributed by atoms with Crippen molar-refractivity contribution in [1.29, 1.82) is 0 Å². The minimum atomic E-state index is 0.944. The molecule has 0 saturated carbocycles. The molecule has 0 bridgehead atoms. The molecule has 96 valence electrons. The summed E-state index contributed by atoms with van der Waals surface area (Å²) in [5.74, 6) is 0. The number of rotatable bonds is 0. The molecule has 2 radical (unpaired) electrons. The summed E-state index contributed by atoms with van der Waals surface area (Å²) in [6.45, 7) is 0. The highest BCUT2D eigenvalue weighted by Gasteiger charge is 2.12. The summed E-state index contributed by atoms with van der Waals surface area (Å²) < 4.78 is 8.18. The average molecular weight is 283 g/mol. The van der Waals surface area contributed by atoms with Crippen molar-refractivity contribution in [3.8, 4) is 0 Å². The van der Waals surface area contributed by atoms with Gasteiger partial charge in [-0.05, 0) is 24.3 Å². The molecule has 3 aromatic carbocycles. The lowest BCUT2D eigenvalue weighted by Gasteiger charge is -1.99. The monoisotopic (exact) mass is 283 g/mol. The Balaban J connectivity index is 2.08. The average Bonchev–Trinajstić information content (AvgIpc) is 3.02. The van der Waals surface area contributed by atoms with Crippen LogP contribution in [0.2, 0.25) is 0 Å². The zero-order valence-electron chi connectivity index (χ0n) is 11.2. The van der Waals surface area contributed by atoms with Crippen LogP contribution in [-0.2, 0) is 0 Å². The lowest BCUT2D eigenvalue weighted by molar-refractivity contribution is 0.669. The molecule has 2 aromatic heterocycles. The van der Waals surface area contributed by atoms with Gasteiger partial charge in [-0.2, -0.15) is 0 Å². The molecule has 5 rings (SSSR count). The van der Waals surface area contributed by atoms with E-state index < -0.39 is 0 Å². The molecule has 0 aliphatic rings. The second-order valence-corrected chi connectivity index (χ2v) is 5.87. The molecule has 0 fully saturated rings. The van der Waals surface area contributed by atoms with Gasteiger partial charge in [0.15, 0.2) is 0 Å². The molecule has 5 aromatic rings. The lowest BCUT2D eigenvalue weighted by atomic mass is 10.1. The summed E-state index contributed by atoms with van der Waals surface area (Å²) in [6.07, 6.45) is 0. The molecular weight excluding hydrogens is 273 g/mol. The third kappa shape index (κ3) is 1.43. The van der Waals surface area contributed by atoms with Gasteiger partial charge in [0, 0.05) is 32.6 Å². The van der Waals surface area contributed by atoms with E-state index >= 15 is 0 Å². The van der Waals surface area contributed by atoms with Crippen molar-refractivity contribution >= 4 is 60.3 Å². The van der Waals surface area contributed by atoms with Crippen LogP contribution in [0.1, 0.15) is 0 Å². The van der Waals surface area contributed by atoms with Gasteiger partial charge in [0.2, 0.25) is 0 Å². The van der Waals surface area contributed by atoms with E-state index in [1.54, 1.807) is 0 Å². The van der Waals surface area contributed by atoms with E-state index in [0.29, 0.717) is 0 Å². The van der Waals surface area contributed by atoms with Gasteiger partial charge in [0.1, 0.15) is 11.2 Å². The standard InChI is InChI=1S/C18H10NO.Al/c1-3-7-15-11(5-1)13-10-18-14(9-16(13)19-15)12-6-2-4-8-17(12)20-18;/h1-10H;/q-1;+1. The Morgan fingerprint density at radius 3 is 2.33 bits per heavy atom. The van der Waals surface area contributed by atoms with Crippen LogP contribution < -0.4 is 0 Å². The Morgan fingerprint density at radius 1 is 0.667 bits per heavy atom. The van der Waals surface area contributed by atoms with Gasteiger partial charge in [-0.15, -0.1) is 0 Å². The van der Waals surface area contributed by atoms with E-state index in [0.717, 1.165) is 11.2 Å². The van der Waals surface area contributed by atoms with Crippen LogP contribution >= 0.6 is 0 Å². The summed E-state index contributed by atoms with van der Waals surface area (Å²) in [4.78, 5) is 0. The first-order chi connectivity index (χ1) is 10.3. The molecule has 2 nitrogen and oxygen atoms in total. The van der Waals surface area contributed by atoms with Crippen molar-refractivity contribution < 1.29 is 4.42 Å². The first kappa shape index (κ1) is 11.5. The topological polar surface area (TPSA) is 18.1 Å². The number of benzene rings is 3. The Hall–Kier alpha value is -2.21. The predicted octanol–water partition coefficient (Wildman–Crippen LogP) is 4.63. The van der Waals surface area contributed by atoms with Gasteiger partial charge in [0.05, 0.1) is 0 Å². The molecule has 0 N–H and O–H groups in total. The van der Waals surface area contributed by atoms with Gasteiger partial charge in [0.25, 0.3) is 0 Å². The van der Waals surface area contributed by atoms with Crippen molar-refractivity contribution in [3.05, 3.63) is 60.7 Å². The number of nitrogens with zero attached hydrogens (tertiary/aromatic N) is 1. The lowest BCUT2D eigenvalue weighted by Crippen LogP contribution is -1.89. The number of fused-ring (bicyclic) bond motifs is 6. The Morgan fingerprint density at radius 2 is 1.43 bits per heavy atom. The highest BCUT2D eigenvalue weighted by atomic mass is 27.1. The molecule has 0 aliphatic heterocycles. The fraction of sp³-hybridized carbons (Fsp3) is 0. The molecule has 0 spiro atoms. The zero-order chi connectivity index (χ0) is 14.0. The SMILES string of the molecule is [Al][n]1c2ccccc2c2cc3oc4ccccc4c3cc21. The largest absolute Gasteiger partial charge is 0.456 e. The number of hydrogen-bond acceptors (Lipinski definition) is 1. The second kappa shape index (κ2) is 3.92. The molecule has 0 amide bonds. The van der Waals surface area contributed by atoms with Crippen LogP contribution in [0, 0.1) is 0 Å². The van der Waals surface area contributed by atoms with Crippen LogP contribution in [0.4, 0.5) is 0 Å². The maximum atomic E-state index is 6.00. The normalized spacial score (nSPS) is 12.0. The minimum Gasteiger partial charge on any atom is -0.456 e. The van der Waals surface area contributed by atoms with Crippen molar-refractivity contribution in [3.63, 3.8) is 0 Å². The van der Waals surface area contributed by atoms with Gasteiger partial charge in [-0.1, -0.05) is 36.4 Å². The van der Waals surface area contributed by atoms with E-state index in [2.05, 4.69) is 68.6 Å². The number of furan rings is 1. The molecule has 0 saturated heterocycles. The maximum Gasteiger partial charge on any atom is 0.318 e. The van der Waals surface area contributed by atoms with Crippen molar-refractivity contribution in [2.75, 3.05) is 0 Å². The summed E-state index contributed by atoms with van der Waals surface area (Å²) in [5, 5.41) is 4.83. The summed E-state index contributed by atoms with van der Waals surface area (Å²) in [5.41, 5.74) is 4.32. The maximum absolute atomic E-state index is 6.00. The molecule has 0 aliphatic carbocycles. The fourth-order valence-corrected chi connectivity index (χ4v) is 3.65. The third-order valence-electron chi connectivity index (χ3n) is 4.21. The van der Waals surface area contributed by atoms with Crippen molar-refractivity contribution in [2.45, 2.75) is 0 Å². The Kier molecular flexibility index (Phi) is 2.14. The molecular formula is C18H10AlNO. The molecule has 21 heavy (non-hydrogen) atoms. The summed E-state index contributed by atoms with van der Waals surface area (Å²) in [7, 11) is 0. The Bertz CT molecular complexity index is 1150. The fourth-order valence-electron chi connectivity index (χ4n) is 3.22. The highest BCUT2D eigenvalue weighted by molar-refractivity contribution is 6.24. The quantitative estimate of drug-likeness (QED) is 0.379. The van der Waals surface area contributed by atoms with E-state index in [9.17, 15) is 0 Å². The minimum absolute atomic E-state index is 0.944. The summed E-state index contributed by atoms with van der Waals surface area (Å²) >= 11 is 2.81. The highest BCUT2D eigenvalue weighted by Crippen LogP contribution is 2.35. The van der Waals surface area contributed by atoms with Gasteiger partial charge in [-0.3, -0.25) is 0 Å². The van der Waals surface area contributed by atoms with Crippen LogP contribution in [-0.4, -0.2) is 20.1 Å². The number of hydrogen-bond donors (Lipinski definition) is 0. The zero-order valence-corrected chi connectivity index (χ0v) is 12.4. The smallest absolute Gasteiger partial charge is 0.318 e. The number of aromatic nitrogens is 1. The van der Waals surface area contributed by atoms with Crippen LogP contribution in [0.15, 0.2) is 65.1 Å². The number of para-hydroxylation sites is 2. The molecule has 0 atom stereocenters. The van der Waals surface area contributed by atoms with E-state index in [-0.39, 0.29) is 0 Å². The van der Waals surface area contributed by atoms with Gasteiger partial charge < -0.3 is 7.97 Å². The van der Waals surface area contributed by atoms with Crippen molar-refractivity contribution in [2.24, 2.45) is 0 Å². The molecule has 0 unspecified atom stereocenters. The van der Waals surface area contributed by atoms with Crippen LogP contribution in [0.3, 0.4) is 0 Å².